The van der Waals surface area contributed by atoms with Crippen LogP contribution in [0.5, 0.6) is 0 Å². The van der Waals surface area contributed by atoms with Crippen molar-refractivity contribution in [2.45, 2.75) is 51.7 Å². The third-order valence-electron chi connectivity index (χ3n) is 4.13. The summed E-state index contributed by atoms with van der Waals surface area (Å²) < 4.78 is 10.7. The smallest absolute Gasteiger partial charge is 0.179 e. The lowest BCUT2D eigenvalue weighted by atomic mass is 10.3. The van der Waals surface area contributed by atoms with Gasteiger partial charge in [-0.05, 0) is 31.5 Å². The van der Waals surface area contributed by atoms with Gasteiger partial charge in [0.15, 0.2) is 10.4 Å². The Balaban J connectivity index is 1.78. The van der Waals surface area contributed by atoms with E-state index in [1.807, 2.05) is 11.7 Å². The van der Waals surface area contributed by atoms with E-state index in [-0.39, 0.29) is 0 Å². The molecule has 1 N–H and O–H groups in total. The molecule has 0 aromatic carbocycles. The van der Waals surface area contributed by atoms with Crippen LogP contribution in [0.2, 0.25) is 0 Å². The molecule has 0 radical (unpaired) electrons. The number of hydrogen-bond donors (Lipinski definition) is 1. The maximum Gasteiger partial charge on any atom is 0.179 e. The molecule has 2 aromatic heterocycles. The van der Waals surface area contributed by atoms with Gasteiger partial charge in [0.05, 0.1) is 24.9 Å². The average molecular weight is 294 g/mol. The molecule has 0 spiro atoms. The van der Waals surface area contributed by atoms with E-state index >= 15 is 0 Å². The van der Waals surface area contributed by atoms with Gasteiger partial charge in [0.1, 0.15) is 5.52 Å². The quantitative estimate of drug-likeness (QED) is 0.863. The first-order valence-corrected chi connectivity index (χ1v) is 7.87. The fourth-order valence-corrected chi connectivity index (χ4v) is 3.38. The number of rotatable bonds is 5. The first-order valence-electron chi connectivity index (χ1n) is 7.46. The van der Waals surface area contributed by atoms with Gasteiger partial charge in [0.2, 0.25) is 0 Å². The van der Waals surface area contributed by atoms with Crippen molar-refractivity contribution in [3.8, 4) is 0 Å². The SMILES string of the molecule is CCc1nn(C)c2c1[nH]c(=S)n2CCOC1CCCC1. The van der Waals surface area contributed by atoms with Crippen LogP contribution in [-0.4, -0.2) is 32.0 Å². The van der Waals surface area contributed by atoms with Gasteiger partial charge in [-0.15, -0.1) is 0 Å². The zero-order chi connectivity index (χ0) is 14.1. The molecule has 1 fully saturated rings. The molecule has 1 aliphatic rings. The van der Waals surface area contributed by atoms with Crippen LogP contribution in [-0.2, 0) is 24.8 Å². The van der Waals surface area contributed by atoms with Gasteiger partial charge in [-0.3, -0.25) is 9.25 Å². The molecule has 0 aliphatic heterocycles. The molecule has 5 nitrogen and oxygen atoms in total. The van der Waals surface area contributed by atoms with Crippen LogP contribution in [0.4, 0.5) is 0 Å². The number of aromatic amines is 1. The third kappa shape index (κ3) is 2.42. The Morgan fingerprint density at radius 1 is 1.40 bits per heavy atom. The maximum atomic E-state index is 5.94. The van der Waals surface area contributed by atoms with Crippen molar-refractivity contribution in [1.29, 1.82) is 0 Å². The number of hydrogen-bond acceptors (Lipinski definition) is 3. The minimum atomic E-state index is 0.455. The van der Waals surface area contributed by atoms with Crippen LogP contribution in [0.1, 0.15) is 38.3 Å². The Morgan fingerprint density at radius 3 is 2.85 bits per heavy atom. The van der Waals surface area contributed by atoms with Crippen molar-refractivity contribution >= 4 is 23.4 Å². The lowest BCUT2D eigenvalue weighted by molar-refractivity contribution is 0.0532. The Bertz CT molecular complexity index is 648. The van der Waals surface area contributed by atoms with Crippen LogP contribution in [0.15, 0.2) is 0 Å². The fraction of sp³-hybridized carbons (Fsp3) is 0.714. The molecule has 110 valence electrons. The van der Waals surface area contributed by atoms with E-state index in [1.54, 1.807) is 0 Å². The number of aromatic nitrogens is 4. The highest BCUT2D eigenvalue weighted by molar-refractivity contribution is 7.71. The van der Waals surface area contributed by atoms with Gasteiger partial charge in [-0.2, -0.15) is 5.10 Å². The molecule has 3 rings (SSSR count). The number of nitrogens with one attached hydrogen (secondary N) is 1. The van der Waals surface area contributed by atoms with Crippen molar-refractivity contribution in [3.05, 3.63) is 10.5 Å². The summed E-state index contributed by atoms with van der Waals surface area (Å²) in [6, 6.07) is 0. The van der Waals surface area contributed by atoms with Gasteiger partial charge < -0.3 is 9.72 Å². The lowest BCUT2D eigenvalue weighted by Gasteiger charge is -2.11. The molecule has 0 bridgehead atoms. The largest absolute Gasteiger partial charge is 0.376 e. The van der Waals surface area contributed by atoms with E-state index in [2.05, 4.69) is 21.6 Å². The van der Waals surface area contributed by atoms with Crippen molar-refractivity contribution in [2.75, 3.05) is 6.61 Å². The predicted octanol–water partition coefficient (Wildman–Crippen LogP) is 2.95. The fourth-order valence-electron chi connectivity index (χ4n) is 3.10. The van der Waals surface area contributed by atoms with E-state index in [0.29, 0.717) is 6.10 Å². The number of H-pyrrole nitrogens is 1. The van der Waals surface area contributed by atoms with E-state index in [4.69, 9.17) is 17.0 Å². The van der Waals surface area contributed by atoms with E-state index in [9.17, 15) is 0 Å². The zero-order valence-electron chi connectivity index (χ0n) is 12.2. The second-order valence-electron chi connectivity index (χ2n) is 5.48. The second-order valence-corrected chi connectivity index (χ2v) is 5.87. The normalized spacial score (nSPS) is 16.5. The molecule has 0 atom stereocenters. The summed E-state index contributed by atoms with van der Waals surface area (Å²) in [7, 11) is 1.97. The van der Waals surface area contributed by atoms with E-state index < -0.39 is 0 Å². The van der Waals surface area contributed by atoms with Gasteiger partial charge in [-0.25, -0.2) is 0 Å². The molecule has 0 amide bonds. The molecule has 1 aliphatic carbocycles. The van der Waals surface area contributed by atoms with Crippen LogP contribution in [0, 0.1) is 4.77 Å². The molecule has 20 heavy (non-hydrogen) atoms. The number of nitrogens with zero attached hydrogens (tertiary/aromatic N) is 3. The number of imidazole rings is 1. The third-order valence-corrected chi connectivity index (χ3v) is 4.45. The number of ether oxygens (including phenoxy) is 1. The van der Waals surface area contributed by atoms with Crippen molar-refractivity contribution in [2.24, 2.45) is 7.05 Å². The van der Waals surface area contributed by atoms with Crippen molar-refractivity contribution < 1.29 is 4.74 Å². The average Bonchev–Trinajstić information content (AvgIpc) is 3.10. The Morgan fingerprint density at radius 2 is 2.15 bits per heavy atom. The van der Waals surface area contributed by atoms with Gasteiger partial charge >= 0.3 is 0 Å². The number of fused-ring (bicyclic) bond motifs is 1. The minimum absolute atomic E-state index is 0.455. The van der Waals surface area contributed by atoms with Crippen LogP contribution in [0.3, 0.4) is 0 Å². The Kier molecular flexibility index (Phi) is 3.94. The monoisotopic (exact) mass is 294 g/mol. The summed E-state index contributed by atoms with van der Waals surface area (Å²) in [4.78, 5) is 3.28. The molecule has 2 heterocycles. The van der Waals surface area contributed by atoms with Crippen molar-refractivity contribution in [3.63, 3.8) is 0 Å². The summed E-state index contributed by atoms with van der Waals surface area (Å²) in [5, 5.41) is 4.53. The van der Waals surface area contributed by atoms with Crippen LogP contribution in [0.25, 0.3) is 11.2 Å². The highest BCUT2D eigenvalue weighted by atomic mass is 32.1. The van der Waals surface area contributed by atoms with E-state index in [1.165, 1.54) is 25.7 Å². The highest BCUT2D eigenvalue weighted by Crippen LogP contribution is 2.21. The van der Waals surface area contributed by atoms with Gasteiger partial charge in [0, 0.05) is 7.05 Å². The second kappa shape index (κ2) is 5.69. The summed E-state index contributed by atoms with van der Waals surface area (Å²) in [6.45, 7) is 3.62. The van der Waals surface area contributed by atoms with Crippen molar-refractivity contribution in [1.82, 2.24) is 19.3 Å². The zero-order valence-corrected chi connectivity index (χ0v) is 13.0. The molecule has 0 saturated heterocycles. The summed E-state index contributed by atoms with van der Waals surface area (Å²) in [6.07, 6.45) is 6.39. The van der Waals surface area contributed by atoms with Gasteiger partial charge in [0.25, 0.3) is 0 Å². The highest BCUT2D eigenvalue weighted by Gasteiger charge is 2.17. The van der Waals surface area contributed by atoms with Crippen LogP contribution >= 0.6 is 12.2 Å². The topological polar surface area (TPSA) is 47.8 Å². The summed E-state index contributed by atoms with van der Waals surface area (Å²) in [5.41, 5.74) is 3.21. The molecule has 0 unspecified atom stereocenters. The lowest BCUT2D eigenvalue weighted by Crippen LogP contribution is -2.14. The molecule has 6 heteroatoms. The Hall–Kier alpha value is -1.14. The predicted molar refractivity (Wildman–Crippen MR) is 81.5 cm³/mol. The first-order chi connectivity index (χ1) is 9.70. The summed E-state index contributed by atoms with van der Waals surface area (Å²) >= 11 is 5.43. The molecule has 1 saturated carbocycles. The first kappa shape index (κ1) is 13.8. The minimum Gasteiger partial charge on any atom is -0.376 e. The van der Waals surface area contributed by atoms with Crippen LogP contribution < -0.4 is 0 Å². The van der Waals surface area contributed by atoms with Gasteiger partial charge in [-0.1, -0.05) is 19.8 Å². The molecular weight excluding hydrogens is 272 g/mol. The molecular formula is C14H22N4OS. The van der Waals surface area contributed by atoms with E-state index in [0.717, 1.165) is 41.2 Å². The summed E-state index contributed by atoms with van der Waals surface area (Å²) in [5.74, 6) is 0. The standard InChI is InChI=1S/C14H22N4OS/c1-3-11-12-13(17(2)16-11)18(14(20)15-12)8-9-19-10-6-4-5-7-10/h10H,3-9H2,1-2H3,(H,15,20). The molecule has 2 aromatic rings. The maximum absolute atomic E-state index is 5.94. The number of aryl methyl sites for hydroxylation is 2. The Labute approximate surface area is 123 Å².